The summed E-state index contributed by atoms with van der Waals surface area (Å²) in [6, 6.07) is 0.278. The second-order valence-corrected chi connectivity index (χ2v) is 4.53. The minimum absolute atomic E-state index is 0.217. The van der Waals surface area contributed by atoms with Gasteiger partial charge in [0.15, 0.2) is 0 Å². The van der Waals surface area contributed by atoms with Crippen LogP contribution in [-0.4, -0.2) is 40.8 Å². The van der Waals surface area contributed by atoms with Crippen LogP contribution in [0.4, 0.5) is 17.8 Å². The molecule has 1 saturated heterocycles. The number of rotatable bonds is 5. The van der Waals surface area contributed by atoms with Gasteiger partial charge in [-0.05, 0) is 27.3 Å². The van der Waals surface area contributed by atoms with Gasteiger partial charge >= 0.3 is 0 Å². The lowest BCUT2D eigenvalue weighted by atomic mass is 10.1. The molecule has 8 nitrogen and oxygen atoms in total. The van der Waals surface area contributed by atoms with E-state index in [9.17, 15) is 0 Å². The number of nitrogens with one attached hydrogen (secondary N) is 3. The van der Waals surface area contributed by atoms with E-state index in [1.54, 1.807) is 0 Å². The molecule has 1 aliphatic rings. The van der Waals surface area contributed by atoms with Crippen LogP contribution in [0.1, 0.15) is 20.3 Å². The monoisotopic (exact) mass is 252 g/mol. The summed E-state index contributed by atoms with van der Waals surface area (Å²) < 4.78 is 0. The van der Waals surface area contributed by atoms with E-state index in [4.69, 9.17) is 5.73 Å². The number of hydrogen-bond acceptors (Lipinski definition) is 8. The zero-order valence-corrected chi connectivity index (χ0v) is 10.9. The van der Waals surface area contributed by atoms with Crippen LogP contribution < -0.4 is 26.8 Å². The number of hydrogen-bond donors (Lipinski definition) is 4. The van der Waals surface area contributed by atoms with Crippen molar-refractivity contribution in [1.82, 2.24) is 25.7 Å². The predicted octanol–water partition coefficient (Wildman–Crippen LogP) is -0.466. The second kappa shape index (κ2) is 5.32. The Bertz CT molecular complexity index is 405. The summed E-state index contributed by atoms with van der Waals surface area (Å²) in [5.74, 6) is 1.25. The summed E-state index contributed by atoms with van der Waals surface area (Å²) in [6.07, 6.45) is 1.35. The molecule has 8 heteroatoms. The van der Waals surface area contributed by atoms with Crippen LogP contribution in [-0.2, 0) is 0 Å². The van der Waals surface area contributed by atoms with Gasteiger partial charge in [0.1, 0.15) is 0 Å². The molecule has 1 atom stereocenters. The second-order valence-electron chi connectivity index (χ2n) is 4.53. The molecule has 0 aromatic carbocycles. The van der Waals surface area contributed by atoms with Gasteiger partial charge in [0, 0.05) is 12.6 Å². The third-order valence-electron chi connectivity index (χ3n) is 2.72. The highest BCUT2D eigenvalue weighted by molar-refractivity contribution is 5.44. The summed E-state index contributed by atoms with van der Waals surface area (Å²) in [6.45, 7) is 4.96. The van der Waals surface area contributed by atoms with Crippen molar-refractivity contribution < 1.29 is 0 Å². The molecule has 5 N–H and O–H groups in total. The van der Waals surface area contributed by atoms with E-state index in [0.29, 0.717) is 11.9 Å². The molecule has 0 saturated carbocycles. The topological polar surface area (TPSA) is 104 Å². The number of nitrogens with zero attached hydrogens (tertiary/aromatic N) is 4. The summed E-state index contributed by atoms with van der Waals surface area (Å²) in [5, 5.41) is 3.19. The largest absolute Gasteiger partial charge is 0.368 e. The van der Waals surface area contributed by atoms with Gasteiger partial charge in [-0.15, -0.1) is 0 Å². The molecule has 0 spiro atoms. The molecule has 100 valence electrons. The molecule has 0 bridgehead atoms. The van der Waals surface area contributed by atoms with Gasteiger partial charge in [0.25, 0.3) is 0 Å². The third kappa shape index (κ3) is 2.77. The highest BCUT2D eigenvalue weighted by Gasteiger charge is 2.29. The lowest BCUT2D eigenvalue weighted by Crippen LogP contribution is -2.55. The standard InChI is InChI=1S/C10H20N8/c1-6(2)16-17-9-13-8(11)14-10(15-9)18-5-4-7(18)12-3/h6-7,12,16H,4-5H2,1-3H3,(H3,11,13,14,15,17). The molecular formula is C10H20N8. The Kier molecular flexibility index (Phi) is 3.78. The van der Waals surface area contributed by atoms with Crippen LogP contribution >= 0.6 is 0 Å². The number of nitrogen functional groups attached to an aromatic ring is 1. The Hall–Kier alpha value is -1.67. The SMILES string of the molecule is CNC1CCN1c1nc(N)nc(NNC(C)C)n1. The molecule has 0 aliphatic carbocycles. The first-order valence-electron chi connectivity index (χ1n) is 6.07. The maximum absolute atomic E-state index is 5.69. The molecule has 18 heavy (non-hydrogen) atoms. The summed E-state index contributed by atoms with van der Waals surface area (Å²) in [7, 11) is 1.92. The van der Waals surface area contributed by atoms with Crippen LogP contribution in [0.15, 0.2) is 0 Å². The number of anilines is 3. The Morgan fingerprint density at radius 3 is 2.67 bits per heavy atom. The van der Waals surface area contributed by atoms with Crippen LogP contribution in [0, 0.1) is 0 Å². The maximum Gasteiger partial charge on any atom is 0.243 e. The van der Waals surface area contributed by atoms with Gasteiger partial charge in [-0.2, -0.15) is 15.0 Å². The minimum Gasteiger partial charge on any atom is -0.368 e. The maximum atomic E-state index is 5.69. The van der Waals surface area contributed by atoms with Crippen molar-refractivity contribution in [2.24, 2.45) is 0 Å². The van der Waals surface area contributed by atoms with E-state index in [2.05, 4.69) is 36.0 Å². The molecule has 0 amide bonds. The molecule has 2 heterocycles. The van der Waals surface area contributed by atoms with Gasteiger partial charge in [-0.3, -0.25) is 5.43 Å². The molecule has 1 unspecified atom stereocenters. The van der Waals surface area contributed by atoms with Crippen LogP contribution in [0.3, 0.4) is 0 Å². The van der Waals surface area contributed by atoms with E-state index in [-0.39, 0.29) is 18.2 Å². The van der Waals surface area contributed by atoms with Crippen molar-refractivity contribution in [3.63, 3.8) is 0 Å². The van der Waals surface area contributed by atoms with E-state index in [0.717, 1.165) is 13.0 Å². The highest BCUT2D eigenvalue weighted by atomic mass is 15.5. The molecule has 2 rings (SSSR count). The van der Waals surface area contributed by atoms with E-state index in [1.165, 1.54) is 0 Å². The Labute approximate surface area is 106 Å². The quantitative estimate of drug-likeness (QED) is 0.522. The first kappa shape index (κ1) is 12.8. The summed E-state index contributed by atoms with van der Waals surface area (Å²) >= 11 is 0. The van der Waals surface area contributed by atoms with Crippen LogP contribution in [0.5, 0.6) is 0 Å². The zero-order chi connectivity index (χ0) is 13.1. The van der Waals surface area contributed by atoms with Crippen LogP contribution in [0.2, 0.25) is 0 Å². The average molecular weight is 252 g/mol. The fourth-order valence-electron chi connectivity index (χ4n) is 1.70. The smallest absolute Gasteiger partial charge is 0.243 e. The molecule has 0 radical (unpaired) electrons. The lowest BCUT2D eigenvalue weighted by Gasteiger charge is -2.40. The normalized spacial score (nSPS) is 18.9. The first-order chi connectivity index (χ1) is 8.60. The Morgan fingerprint density at radius 1 is 1.33 bits per heavy atom. The minimum atomic E-state index is 0.217. The van der Waals surface area contributed by atoms with Gasteiger partial charge in [0.05, 0.1) is 6.17 Å². The Morgan fingerprint density at radius 2 is 2.11 bits per heavy atom. The number of nitrogens with two attached hydrogens (primary N) is 1. The van der Waals surface area contributed by atoms with Crippen LogP contribution in [0.25, 0.3) is 0 Å². The summed E-state index contributed by atoms with van der Waals surface area (Å²) in [4.78, 5) is 14.6. The van der Waals surface area contributed by atoms with E-state index >= 15 is 0 Å². The lowest BCUT2D eigenvalue weighted by molar-refractivity contribution is 0.392. The number of aromatic nitrogens is 3. The van der Waals surface area contributed by atoms with Gasteiger partial charge in [-0.25, -0.2) is 5.43 Å². The first-order valence-corrected chi connectivity index (χ1v) is 6.07. The molecule has 1 fully saturated rings. The predicted molar refractivity (Wildman–Crippen MR) is 70.9 cm³/mol. The van der Waals surface area contributed by atoms with Gasteiger partial charge in [0.2, 0.25) is 17.8 Å². The molecule has 1 aliphatic heterocycles. The van der Waals surface area contributed by atoms with Crippen molar-refractivity contribution in [2.75, 3.05) is 29.7 Å². The number of hydrazine groups is 1. The van der Waals surface area contributed by atoms with E-state index in [1.807, 2.05) is 20.9 Å². The molecule has 1 aromatic rings. The molecular weight excluding hydrogens is 232 g/mol. The highest BCUT2D eigenvalue weighted by Crippen LogP contribution is 2.22. The fraction of sp³-hybridized carbons (Fsp3) is 0.700. The van der Waals surface area contributed by atoms with Crippen molar-refractivity contribution >= 4 is 17.8 Å². The van der Waals surface area contributed by atoms with Gasteiger partial charge < -0.3 is 16.0 Å². The zero-order valence-electron chi connectivity index (χ0n) is 10.9. The van der Waals surface area contributed by atoms with E-state index < -0.39 is 0 Å². The van der Waals surface area contributed by atoms with Gasteiger partial charge in [-0.1, -0.05) is 0 Å². The van der Waals surface area contributed by atoms with Crippen molar-refractivity contribution in [2.45, 2.75) is 32.5 Å². The van der Waals surface area contributed by atoms with Crippen molar-refractivity contribution in [3.05, 3.63) is 0 Å². The average Bonchev–Trinajstić information content (AvgIpc) is 2.25. The summed E-state index contributed by atoms with van der Waals surface area (Å²) in [5.41, 5.74) is 11.6. The van der Waals surface area contributed by atoms with Crippen molar-refractivity contribution in [3.8, 4) is 0 Å². The third-order valence-corrected chi connectivity index (χ3v) is 2.72. The molecule has 1 aromatic heterocycles. The Balaban J connectivity index is 2.11. The fourth-order valence-corrected chi connectivity index (χ4v) is 1.70. The van der Waals surface area contributed by atoms with Crippen molar-refractivity contribution in [1.29, 1.82) is 0 Å².